The zero-order valence-corrected chi connectivity index (χ0v) is 15.5. The monoisotopic (exact) mass is 388 g/mol. The van der Waals surface area contributed by atoms with Gasteiger partial charge in [0.05, 0.1) is 22.5 Å². The minimum Gasteiger partial charge on any atom is -0.384 e. The van der Waals surface area contributed by atoms with Crippen molar-refractivity contribution in [2.45, 2.75) is 25.2 Å². The van der Waals surface area contributed by atoms with Gasteiger partial charge in [-0.25, -0.2) is 4.98 Å². The average molecular weight is 388 g/mol. The fourth-order valence-corrected chi connectivity index (χ4v) is 4.03. The van der Waals surface area contributed by atoms with Gasteiger partial charge < -0.3 is 5.73 Å². The minimum atomic E-state index is -0.632. The molecule has 0 amide bonds. The summed E-state index contributed by atoms with van der Waals surface area (Å²) in [5.74, 6) is -0.392. The standard InChI is InChI=1S/C21H17N5O3/c22-11-16-19(13-6-8-14(9-7-13)26(28)29)20-17(4-1-5-18(20)27)25(21(16)23)15-3-2-10-24-12-15/h2-3,6-10,12,19H,1,4-5,23H2/p+1. The lowest BCUT2D eigenvalue weighted by Crippen LogP contribution is -2.39. The fourth-order valence-electron chi connectivity index (χ4n) is 4.03. The van der Waals surface area contributed by atoms with Gasteiger partial charge in [-0.15, -0.1) is 0 Å². The number of anilines is 1. The zero-order chi connectivity index (χ0) is 20.5. The van der Waals surface area contributed by atoms with Crippen molar-refractivity contribution in [3.05, 3.63) is 87.1 Å². The van der Waals surface area contributed by atoms with Crippen LogP contribution in [0.2, 0.25) is 0 Å². The predicted octanol–water partition coefficient (Wildman–Crippen LogP) is 2.71. The lowest BCUT2D eigenvalue weighted by Gasteiger charge is -2.39. The number of nitrogens with zero attached hydrogens (tertiary/aromatic N) is 3. The highest BCUT2D eigenvalue weighted by Crippen LogP contribution is 2.46. The topological polar surface area (TPSA) is 127 Å². The van der Waals surface area contributed by atoms with Crippen LogP contribution in [0.5, 0.6) is 0 Å². The first-order chi connectivity index (χ1) is 14.0. The maximum Gasteiger partial charge on any atom is 0.269 e. The second-order valence-electron chi connectivity index (χ2n) is 6.93. The molecule has 2 heterocycles. The minimum absolute atomic E-state index is 0.0280. The number of nitro groups is 1. The molecule has 1 atom stereocenters. The van der Waals surface area contributed by atoms with Gasteiger partial charge in [0.25, 0.3) is 5.69 Å². The van der Waals surface area contributed by atoms with Crippen LogP contribution in [0, 0.1) is 21.4 Å². The van der Waals surface area contributed by atoms with Gasteiger partial charge in [-0.1, -0.05) is 12.1 Å². The van der Waals surface area contributed by atoms with Gasteiger partial charge >= 0.3 is 0 Å². The third-order valence-electron chi connectivity index (χ3n) is 5.30. The van der Waals surface area contributed by atoms with Crippen LogP contribution in [0.15, 0.2) is 71.5 Å². The van der Waals surface area contributed by atoms with Crippen molar-refractivity contribution in [1.29, 1.82) is 5.26 Å². The van der Waals surface area contributed by atoms with Crippen molar-refractivity contribution in [2.75, 3.05) is 4.90 Å². The van der Waals surface area contributed by atoms with E-state index in [1.165, 1.54) is 12.1 Å². The molecule has 0 spiro atoms. The highest BCUT2D eigenvalue weighted by atomic mass is 16.6. The molecule has 0 radical (unpaired) electrons. The Hall–Kier alpha value is -3.99. The second kappa shape index (κ2) is 7.20. The smallest absolute Gasteiger partial charge is 0.269 e. The summed E-state index contributed by atoms with van der Waals surface area (Å²) in [5, 5.41) is 20.9. The number of allylic oxidation sites excluding steroid dienone is 3. The number of aromatic nitrogens is 1. The van der Waals surface area contributed by atoms with Crippen molar-refractivity contribution in [3.8, 4) is 6.07 Å². The summed E-state index contributed by atoms with van der Waals surface area (Å²) < 4.78 is 0. The number of H-pyrrole nitrogens is 1. The molecule has 2 aliphatic rings. The molecular formula is C21H18N5O3+. The third kappa shape index (κ3) is 3.02. The third-order valence-corrected chi connectivity index (χ3v) is 5.30. The van der Waals surface area contributed by atoms with E-state index in [4.69, 9.17) is 5.73 Å². The average Bonchev–Trinajstić information content (AvgIpc) is 2.74. The fraction of sp³-hybridized carbons (Fsp3) is 0.190. The van der Waals surface area contributed by atoms with E-state index in [0.29, 0.717) is 30.4 Å². The molecule has 1 aromatic heterocycles. The normalized spacial score (nSPS) is 19.1. The Balaban J connectivity index is 1.92. The Labute approximate surface area is 166 Å². The lowest BCUT2D eigenvalue weighted by molar-refractivity contribution is -0.384. The van der Waals surface area contributed by atoms with Gasteiger partial charge in [0.1, 0.15) is 11.5 Å². The van der Waals surface area contributed by atoms with Crippen LogP contribution in [0.25, 0.3) is 0 Å². The van der Waals surface area contributed by atoms with E-state index in [1.54, 1.807) is 29.4 Å². The molecule has 0 fully saturated rings. The van der Waals surface area contributed by atoms with Crippen molar-refractivity contribution < 1.29 is 14.7 Å². The van der Waals surface area contributed by atoms with Crippen LogP contribution < -0.4 is 15.6 Å². The van der Waals surface area contributed by atoms with Gasteiger partial charge in [-0.2, -0.15) is 5.26 Å². The number of rotatable bonds is 3. The van der Waals surface area contributed by atoms with E-state index < -0.39 is 10.8 Å². The molecule has 29 heavy (non-hydrogen) atoms. The van der Waals surface area contributed by atoms with Crippen LogP contribution in [-0.2, 0) is 4.79 Å². The van der Waals surface area contributed by atoms with E-state index in [0.717, 1.165) is 11.4 Å². The number of Topliss-reactive ketones (excluding diaryl/α,β-unsaturated/α-hetero) is 1. The zero-order valence-electron chi connectivity index (χ0n) is 15.5. The molecule has 0 saturated carbocycles. The van der Waals surface area contributed by atoms with Crippen LogP contribution in [0.4, 0.5) is 11.4 Å². The number of nitro benzene ring substituents is 1. The molecule has 3 N–H and O–H groups in total. The predicted molar refractivity (Wildman–Crippen MR) is 104 cm³/mol. The van der Waals surface area contributed by atoms with Gasteiger partial charge in [0, 0.05) is 35.9 Å². The summed E-state index contributed by atoms with van der Waals surface area (Å²) in [5.41, 5.74) is 9.34. The SMILES string of the molecule is N#CC1=C(N)N(c2ccc[nH+]c2)C2=C(C(=O)CCC2)C1c1ccc([N+](=O)[O-])cc1. The number of non-ortho nitro benzene ring substituents is 1. The largest absolute Gasteiger partial charge is 0.384 e. The number of carbonyl (C=O) groups is 1. The van der Waals surface area contributed by atoms with Crippen molar-refractivity contribution >= 4 is 17.2 Å². The van der Waals surface area contributed by atoms with Crippen molar-refractivity contribution in [3.63, 3.8) is 0 Å². The summed E-state index contributed by atoms with van der Waals surface area (Å²) in [4.78, 5) is 28.2. The Morgan fingerprint density at radius 3 is 2.62 bits per heavy atom. The Morgan fingerprint density at radius 1 is 1.24 bits per heavy atom. The Bertz CT molecular complexity index is 1100. The maximum absolute atomic E-state index is 13.0. The first-order valence-electron chi connectivity index (χ1n) is 9.19. The number of aromatic amines is 1. The van der Waals surface area contributed by atoms with Crippen molar-refractivity contribution in [2.24, 2.45) is 5.73 Å². The van der Waals surface area contributed by atoms with E-state index in [2.05, 4.69) is 11.1 Å². The van der Waals surface area contributed by atoms with E-state index in [1.807, 2.05) is 12.1 Å². The number of carbonyl (C=O) groups excluding carboxylic acids is 1. The van der Waals surface area contributed by atoms with Crippen molar-refractivity contribution in [1.82, 2.24) is 0 Å². The summed E-state index contributed by atoms with van der Waals surface area (Å²) >= 11 is 0. The van der Waals surface area contributed by atoms with Gasteiger partial charge in [0.2, 0.25) is 0 Å². The molecule has 1 aliphatic heterocycles. The van der Waals surface area contributed by atoms with Gasteiger partial charge in [0.15, 0.2) is 18.2 Å². The van der Waals surface area contributed by atoms with Crippen LogP contribution >= 0.6 is 0 Å². The molecule has 8 heteroatoms. The molecule has 1 unspecified atom stereocenters. The highest BCUT2D eigenvalue weighted by Gasteiger charge is 2.40. The first-order valence-corrected chi connectivity index (χ1v) is 9.19. The van der Waals surface area contributed by atoms with Crippen LogP contribution in [0.1, 0.15) is 30.7 Å². The molecule has 8 nitrogen and oxygen atoms in total. The van der Waals surface area contributed by atoms with E-state index in [9.17, 15) is 20.2 Å². The van der Waals surface area contributed by atoms with Gasteiger partial charge in [-0.05, 0) is 24.5 Å². The number of hydrogen-bond donors (Lipinski definition) is 1. The van der Waals surface area contributed by atoms with Crippen LogP contribution in [0.3, 0.4) is 0 Å². The number of hydrogen-bond acceptors (Lipinski definition) is 6. The molecule has 4 rings (SSSR count). The maximum atomic E-state index is 13.0. The highest BCUT2D eigenvalue weighted by molar-refractivity contribution is 6.01. The van der Waals surface area contributed by atoms with Crippen LogP contribution in [-0.4, -0.2) is 10.7 Å². The number of nitrogens with two attached hydrogens (primary N) is 1. The van der Waals surface area contributed by atoms with E-state index in [-0.39, 0.29) is 22.9 Å². The molecule has 1 aromatic carbocycles. The summed E-state index contributed by atoms with van der Waals surface area (Å²) in [6, 6.07) is 11.8. The summed E-state index contributed by atoms with van der Waals surface area (Å²) in [6.45, 7) is 0. The summed E-state index contributed by atoms with van der Waals surface area (Å²) in [7, 11) is 0. The second-order valence-corrected chi connectivity index (χ2v) is 6.93. The molecule has 144 valence electrons. The number of pyridine rings is 1. The Morgan fingerprint density at radius 2 is 2.00 bits per heavy atom. The molecule has 0 saturated heterocycles. The van der Waals surface area contributed by atoms with E-state index >= 15 is 0 Å². The molecule has 0 bridgehead atoms. The number of nitriles is 1. The molecule has 1 aliphatic carbocycles. The number of benzene rings is 1. The quantitative estimate of drug-likeness (QED) is 0.636. The first kappa shape index (κ1) is 18.4. The Kier molecular flexibility index (Phi) is 4.56. The molecule has 2 aromatic rings. The number of nitrogens with one attached hydrogen (secondary N) is 1. The lowest BCUT2D eigenvalue weighted by atomic mass is 9.75. The number of ketones is 1. The van der Waals surface area contributed by atoms with Gasteiger partial charge in [-0.3, -0.25) is 19.8 Å². The molecular weight excluding hydrogens is 370 g/mol. The summed E-state index contributed by atoms with van der Waals surface area (Å²) in [6.07, 6.45) is 5.28.